The van der Waals surface area contributed by atoms with E-state index in [4.69, 9.17) is 5.73 Å². The van der Waals surface area contributed by atoms with Gasteiger partial charge in [0.2, 0.25) is 0 Å². The summed E-state index contributed by atoms with van der Waals surface area (Å²) in [5.74, 6) is 1.59. The smallest absolute Gasteiger partial charge is 0.0692 e. The third kappa shape index (κ3) is 3.18. The minimum Gasteiger partial charge on any atom is -0.390 e. The molecule has 2 nitrogen and oxygen atoms in total. The summed E-state index contributed by atoms with van der Waals surface area (Å²) in [5, 5.41) is 10.7. The average Bonchev–Trinajstić information content (AvgIpc) is 2.11. The van der Waals surface area contributed by atoms with Crippen LogP contribution in [0, 0.1) is 17.8 Å². The first-order valence-electron chi connectivity index (χ1n) is 6.44. The second-order valence-electron chi connectivity index (χ2n) is 5.68. The Balaban J connectivity index is 2.69. The highest BCUT2D eigenvalue weighted by molar-refractivity contribution is 4.93. The zero-order chi connectivity index (χ0) is 11.5. The van der Waals surface area contributed by atoms with Crippen molar-refractivity contribution in [1.29, 1.82) is 0 Å². The number of hydrogen-bond acceptors (Lipinski definition) is 2. The van der Waals surface area contributed by atoms with E-state index in [0.29, 0.717) is 24.3 Å². The summed E-state index contributed by atoms with van der Waals surface area (Å²) in [7, 11) is 0. The second kappa shape index (κ2) is 5.31. The molecule has 0 aliphatic heterocycles. The van der Waals surface area contributed by atoms with E-state index in [2.05, 4.69) is 20.8 Å². The summed E-state index contributed by atoms with van der Waals surface area (Å²) in [6.07, 6.45) is 5.32. The Morgan fingerprint density at radius 2 is 1.87 bits per heavy atom. The quantitative estimate of drug-likeness (QED) is 0.754. The molecule has 1 fully saturated rings. The van der Waals surface area contributed by atoms with Crippen LogP contribution in [0.1, 0.15) is 52.9 Å². The van der Waals surface area contributed by atoms with Crippen molar-refractivity contribution in [2.24, 2.45) is 23.5 Å². The van der Waals surface area contributed by atoms with Crippen LogP contribution in [-0.2, 0) is 0 Å². The molecule has 1 rings (SSSR count). The standard InChI is InChI=1S/C13H27NO/c1-4-5-12(9-14)13(15)7-10(2)6-11(3)8-13/h10-12,15H,4-9,14H2,1-3H3. The zero-order valence-electron chi connectivity index (χ0n) is 10.5. The maximum absolute atomic E-state index is 10.7. The topological polar surface area (TPSA) is 46.2 Å². The molecule has 0 heterocycles. The Morgan fingerprint density at radius 3 is 2.27 bits per heavy atom. The van der Waals surface area contributed by atoms with E-state index in [1.165, 1.54) is 6.42 Å². The van der Waals surface area contributed by atoms with Crippen LogP contribution in [0.2, 0.25) is 0 Å². The molecule has 3 N–H and O–H groups in total. The van der Waals surface area contributed by atoms with Crippen molar-refractivity contribution in [2.45, 2.75) is 58.5 Å². The summed E-state index contributed by atoms with van der Waals surface area (Å²) in [4.78, 5) is 0. The van der Waals surface area contributed by atoms with Crippen LogP contribution >= 0.6 is 0 Å². The maximum atomic E-state index is 10.7. The Hall–Kier alpha value is -0.0800. The summed E-state index contributed by atoms with van der Waals surface area (Å²) >= 11 is 0. The van der Waals surface area contributed by atoms with Gasteiger partial charge >= 0.3 is 0 Å². The Bertz CT molecular complexity index is 183. The second-order valence-corrected chi connectivity index (χ2v) is 5.68. The van der Waals surface area contributed by atoms with Crippen molar-refractivity contribution in [2.75, 3.05) is 6.54 Å². The number of aliphatic hydroxyl groups is 1. The minimum atomic E-state index is -0.484. The molecule has 0 saturated heterocycles. The van der Waals surface area contributed by atoms with Gasteiger partial charge in [0.25, 0.3) is 0 Å². The van der Waals surface area contributed by atoms with Gasteiger partial charge in [-0.2, -0.15) is 0 Å². The first-order chi connectivity index (χ1) is 7.01. The van der Waals surface area contributed by atoms with Gasteiger partial charge in [-0.1, -0.05) is 27.2 Å². The van der Waals surface area contributed by atoms with Gasteiger partial charge in [0.15, 0.2) is 0 Å². The van der Waals surface area contributed by atoms with Gasteiger partial charge in [-0.25, -0.2) is 0 Å². The van der Waals surface area contributed by atoms with Gasteiger partial charge < -0.3 is 10.8 Å². The fourth-order valence-corrected chi connectivity index (χ4v) is 3.43. The van der Waals surface area contributed by atoms with Gasteiger partial charge in [-0.15, -0.1) is 0 Å². The van der Waals surface area contributed by atoms with E-state index in [0.717, 1.165) is 25.7 Å². The van der Waals surface area contributed by atoms with E-state index < -0.39 is 5.60 Å². The predicted molar refractivity (Wildman–Crippen MR) is 64.6 cm³/mol. The van der Waals surface area contributed by atoms with Crippen molar-refractivity contribution in [3.63, 3.8) is 0 Å². The number of rotatable bonds is 4. The number of nitrogens with two attached hydrogens (primary N) is 1. The molecule has 0 aromatic heterocycles. The highest BCUT2D eigenvalue weighted by Crippen LogP contribution is 2.41. The van der Waals surface area contributed by atoms with E-state index in [-0.39, 0.29) is 0 Å². The molecule has 0 aromatic rings. The monoisotopic (exact) mass is 213 g/mol. The normalized spacial score (nSPS) is 39.0. The molecule has 1 aliphatic carbocycles. The molecule has 0 spiro atoms. The Labute approximate surface area is 94.2 Å². The highest BCUT2D eigenvalue weighted by Gasteiger charge is 2.41. The summed E-state index contributed by atoms with van der Waals surface area (Å²) in [6.45, 7) is 7.30. The lowest BCUT2D eigenvalue weighted by Crippen LogP contribution is -2.47. The molecule has 15 heavy (non-hydrogen) atoms. The van der Waals surface area contributed by atoms with Crippen molar-refractivity contribution in [3.8, 4) is 0 Å². The van der Waals surface area contributed by atoms with Crippen molar-refractivity contribution in [1.82, 2.24) is 0 Å². The van der Waals surface area contributed by atoms with Crippen LogP contribution in [0.4, 0.5) is 0 Å². The summed E-state index contributed by atoms with van der Waals surface area (Å²) < 4.78 is 0. The minimum absolute atomic E-state index is 0.299. The van der Waals surface area contributed by atoms with Gasteiger partial charge in [0.1, 0.15) is 0 Å². The maximum Gasteiger partial charge on any atom is 0.0692 e. The van der Waals surface area contributed by atoms with E-state index >= 15 is 0 Å². The van der Waals surface area contributed by atoms with Crippen LogP contribution in [0.5, 0.6) is 0 Å². The van der Waals surface area contributed by atoms with Crippen LogP contribution in [0.15, 0.2) is 0 Å². The van der Waals surface area contributed by atoms with Crippen LogP contribution in [-0.4, -0.2) is 17.3 Å². The molecule has 0 radical (unpaired) electrons. The van der Waals surface area contributed by atoms with Crippen LogP contribution in [0.3, 0.4) is 0 Å². The van der Waals surface area contributed by atoms with E-state index in [1.807, 2.05) is 0 Å². The molecule has 3 unspecified atom stereocenters. The first kappa shape index (κ1) is 13.0. The Kier molecular flexibility index (Phi) is 4.60. The van der Waals surface area contributed by atoms with Crippen molar-refractivity contribution >= 4 is 0 Å². The molecule has 1 aliphatic rings. The highest BCUT2D eigenvalue weighted by atomic mass is 16.3. The first-order valence-corrected chi connectivity index (χ1v) is 6.44. The fourth-order valence-electron chi connectivity index (χ4n) is 3.43. The molecule has 0 aromatic carbocycles. The van der Waals surface area contributed by atoms with E-state index in [1.54, 1.807) is 0 Å². The van der Waals surface area contributed by atoms with Crippen LogP contribution < -0.4 is 5.73 Å². The lowest BCUT2D eigenvalue weighted by atomic mass is 9.67. The SMILES string of the molecule is CCCC(CN)C1(O)CC(C)CC(C)C1. The van der Waals surface area contributed by atoms with Gasteiger partial charge in [0, 0.05) is 0 Å². The largest absolute Gasteiger partial charge is 0.390 e. The van der Waals surface area contributed by atoms with Gasteiger partial charge in [-0.05, 0) is 50.0 Å². The molecular weight excluding hydrogens is 186 g/mol. The van der Waals surface area contributed by atoms with Crippen molar-refractivity contribution < 1.29 is 5.11 Å². The molecule has 2 heteroatoms. The van der Waals surface area contributed by atoms with Crippen LogP contribution in [0.25, 0.3) is 0 Å². The summed E-state index contributed by atoms with van der Waals surface area (Å²) in [6, 6.07) is 0. The lowest BCUT2D eigenvalue weighted by Gasteiger charge is -2.44. The summed E-state index contributed by atoms with van der Waals surface area (Å²) in [5.41, 5.74) is 5.32. The molecule has 90 valence electrons. The van der Waals surface area contributed by atoms with Crippen molar-refractivity contribution in [3.05, 3.63) is 0 Å². The fraction of sp³-hybridized carbons (Fsp3) is 1.00. The Morgan fingerprint density at radius 1 is 1.33 bits per heavy atom. The van der Waals surface area contributed by atoms with Gasteiger partial charge in [-0.3, -0.25) is 0 Å². The van der Waals surface area contributed by atoms with E-state index in [9.17, 15) is 5.11 Å². The molecular formula is C13H27NO. The number of hydrogen-bond donors (Lipinski definition) is 2. The molecule has 0 bridgehead atoms. The lowest BCUT2D eigenvalue weighted by molar-refractivity contribution is -0.0772. The predicted octanol–water partition coefficient (Wildman–Crippen LogP) is 2.55. The molecule has 0 amide bonds. The molecule has 3 atom stereocenters. The third-order valence-electron chi connectivity index (χ3n) is 3.89. The molecule has 1 saturated carbocycles. The van der Waals surface area contributed by atoms with Gasteiger partial charge in [0.05, 0.1) is 5.60 Å². The zero-order valence-corrected chi connectivity index (χ0v) is 10.5. The third-order valence-corrected chi connectivity index (χ3v) is 3.89. The average molecular weight is 213 g/mol.